The first-order chi connectivity index (χ1) is 13.1. The van der Waals surface area contributed by atoms with Gasteiger partial charge in [0.15, 0.2) is 12.4 Å². The van der Waals surface area contributed by atoms with Crippen molar-refractivity contribution in [1.82, 2.24) is 0 Å². The number of benzene rings is 2. The molecule has 0 amide bonds. The maximum absolute atomic E-state index is 12.4. The van der Waals surface area contributed by atoms with Gasteiger partial charge in [0.05, 0.1) is 6.61 Å². The average molecular weight is 363 g/mol. The Morgan fingerprint density at radius 1 is 1.30 bits per heavy atom. The van der Waals surface area contributed by atoms with Crippen LogP contribution in [0.1, 0.15) is 35.3 Å². The van der Waals surface area contributed by atoms with E-state index in [1.54, 1.807) is 30.3 Å². The largest absolute Gasteiger partial charge is 0.493 e. The van der Waals surface area contributed by atoms with E-state index in [9.17, 15) is 4.79 Å². The lowest BCUT2D eigenvalue weighted by Crippen LogP contribution is -2.05. The molecule has 0 saturated carbocycles. The molecule has 0 N–H and O–H groups in total. The van der Waals surface area contributed by atoms with Crippen molar-refractivity contribution in [3.8, 4) is 23.3 Å². The van der Waals surface area contributed by atoms with Crippen molar-refractivity contribution < 1.29 is 19.0 Å². The first-order valence-corrected chi connectivity index (χ1v) is 8.89. The zero-order valence-corrected chi connectivity index (χ0v) is 15.4. The summed E-state index contributed by atoms with van der Waals surface area (Å²) in [6.45, 7) is 4.49. The van der Waals surface area contributed by atoms with Gasteiger partial charge in [-0.05, 0) is 62.4 Å². The molecule has 1 aliphatic rings. The first-order valence-electron chi connectivity index (χ1n) is 8.89. The number of nitriles is 1. The molecule has 0 aromatic heterocycles. The molecule has 1 unspecified atom stereocenters. The van der Waals surface area contributed by atoms with Crippen LogP contribution in [0.15, 0.2) is 42.5 Å². The van der Waals surface area contributed by atoms with Gasteiger partial charge in [-0.2, -0.15) is 5.26 Å². The number of ether oxygens (including phenoxy) is 3. The molecule has 0 aliphatic carbocycles. The monoisotopic (exact) mass is 363 g/mol. The molecule has 0 radical (unpaired) electrons. The number of fused-ring (bicyclic) bond motifs is 1. The predicted molar refractivity (Wildman–Crippen MR) is 102 cm³/mol. The van der Waals surface area contributed by atoms with Gasteiger partial charge < -0.3 is 14.2 Å². The Labute approximate surface area is 158 Å². The smallest absolute Gasteiger partial charge is 0.185 e. The Bertz CT molecular complexity index is 894. The second kappa shape index (κ2) is 8.41. The minimum absolute atomic E-state index is 0.0214. The van der Waals surface area contributed by atoms with Crippen molar-refractivity contribution >= 4 is 11.9 Å². The van der Waals surface area contributed by atoms with Gasteiger partial charge >= 0.3 is 0 Å². The number of allylic oxidation sites excluding steroid dienone is 1. The van der Waals surface area contributed by atoms with E-state index in [0.29, 0.717) is 17.9 Å². The van der Waals surface area contributed by atoms with E-state index >= 15 is 0 Å². The summed E-state index contributed by atoms with van der Waals surface area (Å²) in [6.07, 6.45) is 4.28. The van der Waals surface area contributed by atoms with Crippen LogP contribution in [0.3, 0.4) is 0 Å². The Hall–Kier alpha value is -3.26. The number of rotatable bonds is 7. The number of hydrogen-bond donors (Lipinski definition) is 0. The summed E-state index contributed by atoms with van der Waals surface area (Å²) in [6, 6.07) is 12.5. The highest BCUT2D eigenvalue weighted by Crippen LogP contribution is 2.35. The number of ketones is 1. The maximum atomic E-state index is 12.4. The minimum atomic E-state index is -0.126. The van der Waals surface area contributed by atoms with Crippen LogP contribution in [0.4, 0.5) is 0 Å². The van der Waals surface area contributed by atoms with Gasteiger partial charge in [0, 0.05) is 23.1 Å². The van der Waals surface area contributed by atoms with Crippen molar-refractivity contribution in [3.05, 3.63) is 59.2 Å². The van der Waals surface area contributed by atoms with E-state index in [1.807, 2.05) is 32.0 Å². The number of hydrogen-bond acceptors (Lipinski definition) is 5. The highest BCUT2D eigenvalue weighted by atomic mass is 16.5. The molecule has 2 aromatic rings. The third-order valence-electron chi connectivity index (χ3n) is 4.18. The average Bonchev–Trinajstić information content (AvgIpc) is 3.03. The lowest BCUT2D eigenvalue weighted by atomic mass is 10.0. The van der Waals surface area contributed by atoms with Gasteiger partial charge in [0.1, 0.15) is 29.4 Å². The van der Waals surface area contributed by atoms with Gasteiger partial charge in [0.25, 0.3) is 0 Å². The molecule has 1 atom stereocenters. The quantitative estimate of drug-likeness (QED) is 0.544. The van der Waals surface area contributed by atoms with E-state index in [0.717, 1.165) is 29.0 Å². The van der Waals surface area contributed by atoms with E-state index in [4.69, 9.17) is 19.5 Å². The van der Waals surface area contributed by atoms with E-state index in [-0.39, 0.29) is 18.5 Å². The molecule has 0 fully saturated rings. The van der Waals surface area contributed by atoms with Crippen LogP contribution in [0.25, 0.3) is 6.08 Å². The molecule has 0 spiro atoms. The van der Waals surface area contributed by atoms with Crippen LogP contribution >= 0.6 is 0 Å². The summed E-state index contributed by atoms with van der Waals surface area (Å²) >= 11 is 0. The molecule has 5 nitrogen and oxygen atoms in total. The summed E-state index contributed by atoms with van der Waals surface area (Å²) in [4.78, 5) is 12.4. The molecule has 0 bridgehead atoms. The molecular weight excluding hydrogens is 342 g/mol. The molecule has 3 rings (SSSR count). The fourth-order valence-corrected chi connectivity index (χ4v) is 2.96. The van der Waals surface area contributed by atoms with Gasteiger partial charge in [-0.15, -0.1) is 0 Å². The predicted octanol–water partition coefficient (Wildman–Crippen LogP) is 4.21. The molecule has 0 saturated heterocycles. The van der Waals surface area contributed by atoms with Gasteiger partial charge in [0.2, 0.25) is 0 Å². The third kappa shape index (κ3) is 4.48. The second-order valence-electron chi connectivity index (χ2n) is 6.23. The van der Waals surface area contributed by atoms with Crippen molar-refractivity contribution in [2.24, 2.45) is 0 Å². The molecule has 1 heterocycles. The Morgan fingerprint density at radius 2 is 2.07 bits per heavy atom. The SMILES string of the molecule is CCOc1cc2c(cc1C=CC(=O)c1ccc(OCC#N)cc1)OC(C)C2. The van der Waals surface area contributed by atoms with E-state index < -0.39 is 0 Å². The zero-order valence-electron chi connectivity index (χ0n) is 15.4. The van der Waals surface area contributed by atoms with Gasteiger partial charge in [-0.1, -0.05) is 0 Å². The summed E-state index contributed by atoms with van der Waals surface area (Å²) in [5.74, 6) is 2.02. The number of nitrogens with zero attached hydrogens (tertiary/aromatic N) is 1. The van der Waals surface area contributed by atoms with E-state index in [1.165, 1.54) is 6.08 Å². The molecule has 2 aromatic carbocycles. The zero-order chi connectivity index (χ0) is 19.2. The van der Waals surface area contributed by atoms with Crippen molar-refractivity contribution in [2.75, 3.05) is 13.2 Å². The maximum Gasteiger partial charge on any atom is 0.185 e. The van der Waals surface area contributed by atoms with Gasteiger partial charge in [-0.25, -0.2) is 0 Å². The standard InChI is InChI=1S/C22H21NO4/c1-3-25-21-14-18-12-15(2)27-22(18)13-17(21)6-9-20(24)16-4-7-19(8-5-16)26-11-10-23/h4-9,13-15H,3,11-12H2,1-2H3. The topological polar surface area (TPSA) is 68.5 Å². The molecular formula is C22H21NO4. The van der Waals surface area contributed by atoms with Crippen LogP contribution in [0, 0.1) is 11.3 Å². The van der Waals surface area contributed by atoms with Crippen molar-refractivity contribution in [1.29, 1.82) is 5.26 Å². The van der Waals surface area contributed by atoms with Crippen LogP contribution in [0.2, 0.25) is 0 Å². The first kappa shape index (κ1) is 18.5. The fourth-order valence-electron chi connectivity index (χ4n) is 2.96. The van der Waals surface area contributed by atoms with Crippen LogP contribution in [0.5, 0.6) is 17.2 Å². The third-order valence-corrected chi connectivity index (χ3v) is 4.18. The molecule has 27 heavy (non-hydrogen) atoms. The summed E-state index contributed by atoms with van der Waals surface area (Å²) in [5, 5.41) is 8.52. The lowest BCUT2D eigenvalue weighted by molar-refractivity contribution is 0.104. The Morgan fingerprint density at radius 3 is 2.78 bits per heavy atom. The summed E-state index contributed by atoms with van der Waals surface area (Å²) in [7, 11) is 0. The van der Waals surface area contributed by atoms with Gasteiger partial charge in [-0.3, -0.25) is 4.79 Å². The van der Waals surface area contributed by atoms with Crippen LogP contribution < -0.4 is 14.2 Å². The number of carbonyl (C=O) groups is 1. The summed E-state index contributed by atoms with van der Waals surface area (Å²) in [5.41, 5.74) is 2.48. The Balaban J connectivity index is 1.78. The highest BCUT2D eigenvalue weighted by Gasteiger charge is 2.21. The minimum Gasteiger partial charge on any atom is -0.493 e. The lowest BCUT2D eigenvalue weighted by Gasteiger charge is -2.10. The molecule has 5 heteroatoms. The van der Waals surface area contributed by atoms with Crippen molar-refractivity contribution in [3.63, 3.8) is 0 Å². The van der Waals surface area contributed by atoms with Crippen molar-refractivity contribution in [2.45, 2.75) is 26.4 Å². The highest BCUT2D eigenvalue weighted by molar-refractivity contribution is 6.07. The fraction of sp³-hybridized carbons (Fsp3) is 0.273. The summed E-state index contributed by atoms with van der Waals surface area (Å²) < 4.78 is 16.7. The van der Waals surface area contributed by atoms with Crippen LogP contribution in [-0.4, -0.2) is 25.1 Å². The normalized spacial score (nSPS) is 15.1. The molecule has 1 aliphatic heterocycles. The Kier molecular flexibility index (Phi) is 5.77. The second-order valence-corrected chi connectivity index (χ2v) is 6.23. The van der Waals surface area contributed by atoms with Crippen LogP contribution in [-0.2, 0) is 6.42 Å². The number of carbonyl (C=O) groups excluding carboxylic acids is 1. The molecule has 138 valence electrons. The van der Waals surface area contributed by atoms with E-state index in [2.05, 4.69) is 0 Å².